The third-order valence-corrected chi connectivity index (χ3v) is 2.80. The average molecular weight is 224 g/mol. The Balaban J connectivity index is 2.98. The fraction of sp³-hybridized carbons (Fsp3) is 0.800. The number of hydrogen-bond donors (Lipinski definition) is 0. The summed E-state index contributed by atoms with van der Waals surface area (Å²) >= 11 is 0. The van der Waals surface area contributed by atoms with Gasteiger partial charge < -0.3 is 4.79 Å². The first kappa shape index (κ1) is 15.4. The number of rotatable bonds is 11. The Morgan fingerprint density at radius 3 is 2.00 bits per heavy atom. The monoisotopic (exact) mass is 224 g/mol. The summed E-state index contributed by atoms with van der Waals surface area (Å²) in [6.45, 7) is 3.86. The van der Waals surface area contributed by atoms with Crippen LogP contribution in [0.3, 0.4) is 0 Å². The Hall–Kier alpha value is -0.590. The van der Waals surface area contributed by atoms with Crippen LogP contribution in [0.5, 0.6) is 0 Å². The van der Waals surface area contributed by atoms with Crippen LogP contribution in [0.15, 0.2) is 12.2 Å². The molecule has 0 aliphatic rings. The van der Waals surface area contributed by atoms with E-state index in [9.17, 15) is 4.79 Å². The van der Waals surface area contributed by atoms with Crippen LogP contribution >= 0.6 is 0 Å². The molecule has 0 saturated carbocycles. The van der Waals surface area contributed by atoms with E-state index in [2.05, 4.69) is 19.1 Å². The minimum Gasteiger partial charge on any atom is -0.300 e. The second kappa shape index (κ2) is 12.5. The van der Waals surface area contributed by atoms with Crippen molar-refractivity contribution in [3.63, 3.8) is 0 Å². The molecular weight excluding hydrogens is 196 g/mol. The predicted octanol–water partition coefficient (Wildman–Crippen LogP) is 5.05. The van der Waals surface area contributed by atoms with E-state index < -0.39 is 0 Å². The zero-order valence-electron chi connectivity index (χ0n) is 11.1. The predicted molar refractivity (Wildman–Crippen MR) is 71.7 cm³/mol. The molecule has 0 aromatic heterocycles. The summed E-state index contributed by atoms with van der Waals surface area (Å²) in [5.41, 5.74) is 0. The number of allylic oxidation sites excluding steroid dienone is 2. The standard InChI is InChI=1S/C15H28O/c1-3-4-5-6-7-8-9-10-11-12-13-14-15(2)16/h4-5H,3,6-14H2,1-2H3/b5-4-. The van der Waals surface area contributed by atoms with Crippen LogP contribution in [0.25, 0.3) is 0 Å². The highest BCUT2D eigenvalue weighted by Crippen LogP contribution is 2.10. The molecule has 0 rings (SSSR count). The highest BCUT2D eigenvalue weighted by atomic mass is 16.1. The zero-order chi connectivity index (χ0) is 12.1. The fourth-order valence-electron chi connectivity index (χ4n) is 1.80. The average Bonchev–Trinajstić information content (AvgIpc) is 2.25. The lowest BCUT2D eigenvalue weighted by Gasteiger charge is -2.00. The Kier molecular flexibility index (Phi) is 12.0. The summed E-state index contributed by atoms with van der Waals surface area (Å²) in [7, 11) is 0. The minimum absolute atomic E-state index is 0.336. The maximum atomic E-state index is 10.7. The number of ketones is 1. The van der Waals surface area contributed by atoms with Gasteiger partial charge in [0.25, 0.3) is 0 Å². The molecule has 1 heteroatoms. The van der Waals surface area contributed by atoms with E-state index in [-0.39, 0.29) is 0 Å². The van der Waals surface area contributed by atoms with Crippen molar-refractivity contribution in [1.29, 1.82) is 0 Å². The van der Waals surface area contributed by atoms with Crippen molar-refractivity contribution in [3.05, 3.63) is 12.2 Å². The molecule has 0 aliphatic carbocycles. The maximum absolute atomic E-state index is 10.7. The number of hydrogen-bond acceptors (Lipinski definition) is 1. The Bertz CT molecular complexity index is 182. The van der Waals surface area contributed by atoms with Gasteiger partial charge in [0.15, 0.2) is 0 Å². The van der Waals surface area contributed by atoms with E-state index >= 15 is 0 Å². The number of Topliss-reactive ketones (excluding diaryl/α,β-unsaturated/α-hetero) is 1. The smallest absolute Gasteiger partial charge is 0.129 e. The summed E-state index contributed by atoms with van der Waals surface area (Å²) in [5, 5.41) is 0. The van der Waals surface area contributed by atoms with Crippen LogP contribution in [0, 0.1) is 0 Å². The van der Waals surface area contributed by atoms with Crippen molar-refractivity contribution < 1.29 is 4.79 Å². The Morgan fingerprint density at radius 1 is 0.875 bits per heavy atom. The molecule has 0 aromatic carbocycles. The molecule has 16 heavy (non-hydrogen) atoms. The van der Waals surface area contributed by atoms with E-state index in [1.54, 1.807) is 6.92 Å². The molecule has 0 unspecified atom stereocenters. The molecule has 0 atom stereocenters. The lowest BCUT2D eigenvalue weighted by Crippen LogP contribution is -1.89. The van der Waals surface area contributed by atoms with E-state index in [0.717, 1.165) is 19.3 Å². The lowest BCUT2D eigenvalue weighted by molar-refractivity contribution is -0.117. The largest absolute Gasteiger partial charge is 0.300 e. The Labute approximate surface area is 101 Å². The van der Waals surface area contributed by atoms with Crippen LogP contribution in [0.4, 0.5) is 0 Å². The Morgan fingerprint density at radius 2 is 1.44 bits per heavy atom. The van der Waals surface area contributed by atoms with Crippen molar-refractivity contribution in [3.8, 4) is 0 Å². The quantitative estimate of drug-likeness (QED) is 0.354. The third-order valence-electron chi connectivity index (χ3n) is 2.80. The first-order valence-electron chi connectivity index (χ1n) is 6.91. The summed E-state index contributed by atoms with van der Waals surface area (Å²) in [6.07, 6.45) is 16.8. The van der Waals surface area contributed by atoms with Gasteiger partial charge in [0, 0.05) is 6.42 Å². The van der Waals surface area contributed by atoms with E-state index in [4.69, 9.17) is 0 Å². The second-order valence-corrected chi connectivity index (χ2v) is 4.60. The lowest BCUT2D eigenvalue weighted by atomic mass is 10.1. The van der Waals surface area contributed by atoms with Gasteiger partial charge in [-0.3, -0.25) is 0 Å². The van der Waals surface area contributed by atoms with Gasteiger partial charge in [0.1, 0.15) is 5.78 Å². The van der Waals surface area contributed by atoms with Crippen LogP contribution < -0.4 is 0 Å². The minimum atomic E-state index is 0.336. The zero-order valence-corrected chi connectivity index (χ0v) is 11.1. The molecule has 0 saturated heterocycles. The van der Waals surface area contributed by atoms with E-state index in [1.165, 1.54) is 44.9 Å². The summed E-state index contributed by atoms with van der Waals surface area (Å²) in [4.78, 5) is 10.7. The number of carbonyl (C=O) groups excluding carboxylic acids is 1. The molecule has 0 fully saturated rings. The maximum Gasteiger partial charge on any atom is 0.129 e. The molecule has 0 bridgehead atoms. The second-order valence-electron chi connectivity index (χ2n) is 4.60. The van der Waals surface area contributed by atoms with Gasteiger partial charge >= 0.3 is 0 Å². The first-order chi connectivity index (χ1) is 7.77. The first-order valence-corrected chi connectivity index (χ1v) is 6.91. The topological polar surface area (TPSA) is 17.1 Å². The SMILES string of the molecule is CC/C=C\CCCCCCCCCC(C)=O. The summed E-state index contributed by atoms with van der Waals surface area (Å²) in [5.74, 6) is 0.336. The molecule has 0 amide bonds. The summed E-state index contributed by atoms with van der Waals surface area (Å²) in [6, 6.07) is 0. The van der Waals surface area contributed by atoms with Gasteiger partial charge in [0.2, 0.25) is 0 Å². The molecule has 0 aliphatic heterocycles. The molecule has 0 spiro atoms. The van der Waals surface area contributed by atoms with Gasteiger partial charge in [-0.1, -0.05) is 51.2 Å². The van der Waals surface area contributed by atoms with E-state index in [0.29, 0.717) is 5.78 Å². The summed E-state index contributed by atoms with van der Waals surface area (Å²) < 4.78 is 0. The molecule has 0 N–H and O–H groups in total. The fourth-order valence-corrected chi connectivity index (χ4v) is 1.80. The van der Waals surface area contributed by atoms with Crippen LogP contribution in [-0.2, 0) is 4.79 Å². The van der Waals surface area contributed by atoms with Gasteiger partial charge in [-0.2, -0.15) is 0 Å². The van der Waals surface area contributed by atoms with Crippen molar-refractivity contribution in [2.75, 3.05) is 0 Å². The van der Waals surface area contributed by atoms with E-state index in [1.807, 2.05) is 0 Å². The van der Waals surface area contributed by atoms with Crippen molar-refractivity contribution in [2.24, 2.45) is 0 Å². The normalized spacial score (nSPS) is 11.1. The highest BCUT2D eigenvalue weighted by Gasteiger charge is 1.94. The van der Waals surface area contributed by atoms with Gasteiger partial charge in [-0.25, -0.2) is 0 Å². The van der Waals surface area contributed by atoms with Gasteiger partial charge in [-0.05, 0) is 32.6 Å². The number of unbranched alkanes of at least 4 members (excludes halogenated alkanes) is 7. The number of carbonyl (C=O) groups is 1. The third kappa shape index (κ3) is 13.4. The van der Waals surface area contributed by atoms with Crippen molar-refractivity contribution in [1.82, 2.24) is 0 Å². The molecule has 0 aromatic rings. The van der Waals surface area contributed by atoms with Gasteiger partial charge in [-0.15, -0.1) is 0 Å². The van der Waals surface area contributed by atoms with Gasteiger partial charge in [0.05, 0.1) is 0 Å². The highest BCUT2D eigenvalue weighted by molar-refractivity contribution is 5.75. The van der Waals surface area contributed by atoms with Crippen LogP contribution in [0.2, 0.25) is 0 Å². The van der Waals surface area contributed by atoms with Crippen LogP contribution in [-0.4, -0.2) is 5.78 Å². The molecule has 94 valence electrons. The molecule has 1 nitrogen and oxygen atoms in total. The van der Waals surface area contributed by atoms with Crippen LogP contribution in [0.1, 0.15) is 78.1 Å². The molecule has 0 radical (unpaired) electrons. The molecular formula is C15H28O. The van der Waals surface area contributed by atoms with Crippen molar-refractivity contribution in [2.45, 2.75) is 78.1 Å². The molecule has 0 heterocycles. The van der Waals surface area contributed by atoms with Crippen molar-refractivity contribution >= 4 is 5.78 Å².